The van der Waals surface area contributed by atoms with Gasteiger partial charge in [-0.2, -0.15) is 5.10 Å². The molecule has 0 aromatic carbocycles. The third kappa shape index (κ3) is 2.92. The Morgan fingerprint density at radius 2 is 2.21 bits per heavy atom. The molecule has 1 saturated heterocycles. The Bertz CT molecular complexity index is 1160. The van der Waals surface area contributed by atoms with Crippen molar-refractivity contribution in [2.75, 3.05) is 13.1 Å². The number of hydrogen-bond acceptors (Lipinski definition) is 5. The summed E-state index contributed by atoms with van der Waals surface area (Å²) in [6, 6.07) is -0.0472. The molecule has 0 bridgehead atoms. The van der Waals surface area contributed by atoms with E-state index in [2.05, 4.69) is 29.0 Å². The zero-order valence-electron chi connectivity index (χ0n) is 16.8. The first-order valence-corrected chi connectivity index (χ1v) is 11.2. The maximum atomic E-state index is 13.3. The van der Waals surface area contributed by atoms with Crippen molar-refractivity contribution in [3.8, 4) is 0 Å². The molecule has 4 heterocycles. The smallest absolute Gasteiger partial charge is 0.274 e. The molecule has 8 heteroatoms. The van der Waals surface area contributed by atoms with Gasteiger partial charge in [0.15, 0.2) is 5.69 Å². The number of aromatic amines is 1. The van der Waals surface area contributed by atoms with Gasteiger partial charge in [-0.05, 0) is 51.0 Å². The second-order valence-electron chi connectivity index (χ2n) is 8.06. The van der Waals surface area contributed by atoms with Crippen LogP contribution in [-0.2, 0) is 19.3 Å². The quantitative estimate of drug-likeness (QED) is 0.718. The average Bonchev–Trinajstić information content (AvgIpc) is 3.41. The maximum absolute atomic E-state index is 13.3. The van der Waals surface area contributed by atoms with E-state index >= 15 is 0 Å². The topological polar surface area (TPSA) is 83.9 Å². The van der Waals surface area contributed by atoms with Crippen LogP contribution in [-0.4, -0.2) is 43.6 Å². The van der Waals surface area contributed by atoms with Gasteiger partial charge in [0.2, 0.25) is 0 Å². The van der Waals surface area contributed by atoms with Crippen molar-refractivity contribution in [3.63, 3.8) is 0 Å². The Balaban J connectivity index is 1.46. The van der Waals surface area contributed by atoms with Gasteiger partial charge in [0, 0.05) is 29.2 Å². The molecule has 29 heavy (non-hydrogen) atoms. The van der Waals surface area contributed by atoms with Crippen molar-refractivity contribution >= 4 is 27.5 Å². The summed E-state index contributed by atoms with van der Waals surface area (Å²) in [5.74, 6) is -0.0168. The lowest BCUT2D eigenvalue weighted by Crippen LogP contribution is -2.43. The number of nitrogens with one attached hydrogen (secondary N) is 1. The molecule has 3 aromatic rings. The number of piperidine rings is 1. The summed E-state index contributed by atoms with van der Waals surface area (Å²) in [4.78, 5) is 34.8. The zero-order chi connectivity index (χ0) is 20.1. The van der Waals surface area contributed by atoms with E-state index in [1.807, 2.05) is 4.90 Å². The number of nitrogens with zero attached hydrogens (tertiary/aromatic N) is 4. The minimum absolute atomic E-state index is 0.0168. The van der Waals surface area contributed by atoms with Crippen LogP contribution in [0.4, 0.5) is 0 Å². The van der Waals surface area contributed by atoms with E-state index < -0.39 is 0 Å². The lowest BCUT2D eigenvalue weighted by atomic mass is 10.0. The Hall–Kier alpha value is -2.48. The standard InChI is InChI=1S/C21H25N5O2S/c1-3-14-12(2)29-19-17(14)20(27)26(11-22-19)13-6-5-9-25(10-13)21(28)18-15-7-4-8-16(15)23-24-18/h11,13H,3-10H2,1-2H3,(H,23,24). The van der Waals surface area contributed by atoms with Gasteiger partial charge in [0.1, 0.15) is 4.83 Å². The molecule has 7 nitrogen and oxygen atoms in total. The van der Waals surface area contributed by atoms with Gasteiger partial charge >= 0.3 is 0 Å². The van der Waals surface area contributed by atoms with E-state index in [-0.39, 0.29) is 17.5 Å². The van der Waals surface area contributed by atoms with Crippen LogP contribution in [0.25, 0.3) is 10.2 Å². The van der Waals surface area contributed by atoms with Gasteiger partial charge in [-0.15, -0.1) is 11.3 Å². The summed E-state index contributed by atoms with van der Waals surface area (Å²) >= 11 is 1.59. The molecule has 0 saturated carbocycles. The fourth-order valence-corrected chi connectivity index (χ4v) is 5.94. The molecule has 1 aliphatic heterocycles. The molecular formula is C21H25N5O2S. The van der Waals surface area contributed by atoms with Gasteiger partial charge in [0.25, 0.3) is 11.5 Å². The molecule has 0 spiro atoms. The molecule has 5 rings (SSSR count). The number of likely N-dealkylation sites (tertiary alicyclic amines) is 1. The van der Waals surface area contributed by atoms with Crippen LogP contribution in [0.5, 0.6) is 0 Å². The first-order valence-electron chi connectivity index (χ1n) is 10.4. The Kier molecular flexibility index (Phi) is 4.53. The second kappa shape index (κ2) is 7.09. The summed E-state index contributed by atoms with van der Waals surface area (Å²) in [7, 11) is 0. The van der Waals surface area contributed by atoms with Gasteiger partial charge in [-0.25, -0.2) is 4.98 Å². The van der Waals surface area contributed by atoms with Crippen LogP contribution >= 0.6 is 11.3 Å². The fraction of sp³-hybridized carbons (Fsp3) is 0.524. The van der Waals surface area contributed by atoms with Crippen LogP contribution in [0, 0.1) is 6.92 Å². The van der Waals surface area contributed by atoms with E-state index in [9.17, 15) is 9.59 Å². The van der Waals surface area contributed by atoms with Crippen LogP contribution in [0.3, 0.4) is 0 Å². The third-order valence-corrected chi connectivity index (χ3v) is 7.43. The van der Waals surface area contributed by atoms with Crippen molar-refractivity contribution in [2.24, 2.45) is 0 Å². The van der Waals surface area contributed by atoms with Crippen molar-refractivity contribution in [3.05, 3.63) is 44.1 Å². The number of thiophene rings is 1. The number of fused-ring (bicyclic) bond motifs is 2. The number of amides is 1. The SMILES string of the molecule is CCc1c(C)sc2ncn(C3CCCN(C(=O)c4n[nH]c5c4CCC5)C3)c(=O)c12. The van der Waals surface area contributed by atoms with E-state index in [4.69, 9.17) is 0 Å². The van der Waals surface area contributed by atoms with E-state index in [1.165, 1.54) is 0 Å². The van der Waals surface area contributed by atoms with Gasteiger partial charge in [0.05, 0.1) is 17.8 Å². The summed E-state index contributed by atoms with van der Waals surface area (Å²) < 4.78 is 1.75. The highest BCUT2D eigenvalue weighted by molar-refractivity contribution is 7.18. The van der Waals surface area contributed by atoms with Crippen LogP contribution in [0.15, 0.2) is 11.1 Å². The van der Waals surface area contributed by atoms with Crippen molar-refractivity contribution in [1.82, 2.24) is 24.6 Å². The van der Waals surface area contributed by atoms with E-state index in [0.717, 1.165) is 70.4 Å². The van der Waals surface area contributed by atoms with Crippen molar-refractivity contribution < 1.29 is 4.79 Å². The molecule has 0 radical (unpaired) electrons. The predicted octanol–water partition coefficient (Wildman–Crippen LogP) is 3.02. The normalized spacial score (nSPS) is 19.1. The number of carbonyl (C=O) groups is 1. The summed E-state index contributed by atoms with van der Waals surface area (Å²) in [6.07, 6.45) is 7.21. The summed E-state index contributed by atoms with van der Waals surface area (Å²) in [5, 5.41) is 8.09. The number of H-pyrrole nitrogens is 1. The molecule has 1 N–H and O–H groups in total. The molecule has 152 valence electrons. The average molecular weight is 412 g/mol. The lowest BCUT2D eigenvalue weighted by Gasteiger charge is -2.33. The number of aromatic nitrogens is 4. The minimum atomic E-state index is -0.0472. The Morgan fingerprint density at radius 3 is 3.03 bits per heavy atom. The van der Waals surface area contributed by atoms with Crippen LogP contribution in [0.1, 0.15) is 64.4 Å². The largest absolute Gasteiger partial charge is 0.335 e. The molecule has 3 aromatic heterocycles. The number of rotatable bonds is 3. The van der Waals surface area contributed by atoms with E-state index in [1.54, 1.807) is 22.2 Å². The highest BCUT2D eigenvalue weighted by Gasteiger charge is 2.31. The van der Waals surface area contributed by atoms with Crippen LogP contribution in [0.2, 0.25) is 0 Å². The summed E-state index contributed by atoms with van der Waals surface area (Å²) in [5.41, 5.74) is 3.89. The maximum Gasteiger partial charge on any atom is 0.274 e. The Labute approximate surface area is 172 Å². The van der Waals surface area contributed by atoms with Gasteiger partial charge in [-0.1, -0.05) is 6.92 Å². The molecule has 1 fully saturated rings. The van der Waals surface area contributed by atoms with Crippen LogP contribution < -0.4 is 5.56 Å². The number of hydrogen-bond donors (Lipinski definition) is 1. The molecule has 1 amide bonds. The molecule has 1 atom stereocenters. The van der Waals surface area contributed by atoms with Gasteiger partial charge < -0.3 is 4.90 Å². The molecule has 2 aliphatic rings. The summed E-state index contributed by atoms with van der Waals surface area (Å²) in [6.45, 7) is 5.37. The van der Waals surface area contributed by atoms with Crippen molar-refractivity contribution in [1.29, 1.82) is 0 Å². The molecular weight excluding hydrogens is 386 g/mol. The molecule has 1 unspecified atom stereocenters. The van der Waals surface area contributed by atoms with Gasteiger partial charge in [-0.3, -0.25) is 19.3 Å². The van der Waals surface area contributed by atoms with Crippen molar-refractivity contribution in [2.45, 2.75) is 58.4 Å². The highest BCUT2D eigenvalue weighted by Crippen LogP contribution is 2.29. The monoisotopic (exact) mass is 411 g/mol. The lowest BCUT2D eigenvalue weighted by molar-refractivity contribution is 0.0670. The number of carbonyl (C=O) groups excluding carboxylic acids is 1. The first kappa shape index (κ1) is 18.5. The second-order valence-corrected chi connectivity index (χ2v) is 9.26. The fourth-order valence-electron chi connectivity index (χ4n) is 4.87. The molecule has 1 aliphatic carbocycles. The predicted molar refractivity (Wildman–Crippen MR) is 113 cm³/mol. The third-order valence-electron chi connectivity index (χ3n) is 6.38. The number of aryl methyl sites for hydroxylation is 3. The highest BCUT2D eigenvalue weighted by atomic mass is 32.1. The minimum Gasteiger partial charge on any atom is -0.335 e. The van der Waals surface area contributed by atoms with E-state index in [0.29, 0.717) is 18.8 Å². The Morgan fingerprint density at radius 1 is 1.34 bits per heavy atom. The first-order chi connectivity index (χ1) is 14.1. The zero-order valence-corrected chi connectivity index (χ0v) is 17.6.